The molecule has 1 saturated heterocycles. The van der Waals surface area contributed by atoms with Gasteiger partial charge in [0.15, 0.2) is 6.10 Å². The summed E-state index contributed by atoms with van der Waals surface area (Å²) >= 11 is 0. The van der Waals surface area contributed by atoms with Gasteiger partial charge in [-0.1, -0.05) is 39.0 Å². The minimum absolute atomic E-state index is 0.0330. The minimum atomic E-state index is -0.578. The molecule has 1 amide bonds. The number of ether oxygens (including phenoxy) is 2. The Morgan fingerprint density at radius 2 is 2.00 bits per heavy atom. The predicted molar refractivity (Wildman–Crippen MR) is 114 cm³/mol. The maximum absolute atomic E-state index is 12.4. The van der Waals surface area contributed by atoms with E-state index in [2.05, 4.69) is 42.0 Å². The molecule has 6 nitrogen and oxygen atoms in total. The van der Waals surface area contributed by atoms with Crippen molar-refractivity contribution in [3.63, 3.8) is 0 Å². The van der Waals surface area contributed by atoms with Crippen molar-refractivity contribution in [1.82, 2.24) is 10.3 Å². The number of hydrogen-bond donors (Lipinski definition) is 1. The standard InChI is InChI=1S/C23H31N3O3/c1-17(29-20-7-5-6-19(14-20)23(2,3)4)22(27)25-16-18-8-9-21(24-15-18)26-10-12-28-13-11-26/h5-9,14-15,17H,10-13,16H2,1-4H3,(H,25,27)/t17-/m0/s1. The van der Waals surface area contributed by atoms with E-state index in [-0.39, 0.29) is 11.3 Å². The number of aromatic nitrogens is 1. The number of morpholine rings is 1. The van der Waals surface area contributed by atoms with Crippen molar-refractivity contribution in [2.24, 2.45) is 0 Å². The van der Waals surface area contributed by atoms with Crippen molar-refractivity contribution in [2.45, 2.75) is 45.8 Å². The molecule has 0 aliphatic carbocycles. The van der Waals surface area contributed by atoms with Crippen LogP contribution in [-0.4, -0.2) is 43.3 Å². The second-order valence-corrected chi connectivity index (χ2v) is 8.38. The van der Waals surface area contributed by atoms with Crippen LogP contribution >= 0.6 is 0 Å². The van der Waals surface area contributed by atoms with E-state index in [1.54, 1.807) is 6.92 Å². The quantitative estimate of drug-likeness (QED) is 0.810. The molecule has 0 saturated carbocycles. The predicted octanol–water partition coefficient (Wildman–Crippen LogP) is 3.30. The summed E-state index contributed by atoms with van der Waals surface area (Å²) < 4.78 is 11.2. The van der Waals surface area contributed by atoms with Crippen LogP contribution in [0.25, 0.3) is 0 Å². The van der Waals surface area contributed by atoms with Crippen molar-refractivity contribution in [2.75, 3.05) is 31.2 Å². The van der Waals surface area contributed by atoms with Gasteiger partial charge in [0, 0.05) is 25.8 Å². The normalized spacial score (nSPS) is 15.7. The Bertz CT molecular complexity index is 809. The first kappa shape index (κ1) is 21.1. The monoisotopic (exact) mass is 397 g/mol. The van der Waals surface area contributed by atoms with E-state index in [0.717, 1.165) is 37.7 Å². The van der Waals surface area contributed by atoms with Crippen LogP contribution in [0.2, 0.25) is 0 Å². The van der Waals surface area contributed by atoms with Gasteiger partial charge in [0.05, 0.1) is 13.2 Å². The molecule has 2 aromatic rings. The molecule has 6 heteroatoms. The Morgan fingerprint density at radius 1 is 1.24 bits per heavy atom. The third-order valence-electron chi connectivity index (χ3n) is 4.99. The molecular formula is C23H31N3O3. The average molecular weight is 398 g/mol. The van der Waals surface area contributed by atoms with Gasteiger partial charge in [-0.15, -0.1) is 0 Å². The second kappa shape index (κ2) is 9.27. The largest absolute Gasteiger partial charge is 0.481 e. The molecule has 0 spiro atoms. The van der Waals surface area contributed by atoms with E-state index in [1.807, 2.05) is 36.5 Å². The highest BCUT2D eigenvalue weighted by atomic mass is 16.5. The zero-order valence-corrected chi connectivity index (χ0v) is 17.8. The zero-order valence-electron chi connectivity index (χ0n) is 17.8. The number of anilines is 1. The average Bonchev–Trinajstić information content (AvgIpc) is 2.72. The van der Waals surface area contributed by atoms with Crippen LogP contribution < -0.4 is 15.0 Å². The van der Waals surface area contributed by atoms with E-state index in [9.17, 15) is 4.79 Å². The lowest BCUT2D eigenvalue weighted by Crippen LogP contribution is -2.37. The fourth-order valence-electron chi connectivity index (χ4n) is 3.13. The molecule has 1 atom stereocenters. The maximum atomic E-state index is 12.4. The fraction of sp³-hybridized carbons (Fsp3) is 0.478. The Morgan fingerprint density at radius 3 is 2.66 bits per heavy atom. The second-order valence-electron chi connectivity index (χ2n) is 8.38. The third kappa shape index (κ3) is 5.94. The number of carbonyl (C=O) groups excluding carboxylic acids is 1. The van der Waals surface area contributed by atoms with E-state index in [0.29, 0.717) is 12.3 Å². The summed E-state index contributed by atoms with van der Waals surface area (Å²) in [6, 6.07) is 11.9. The number of carbonyl (C=O) groups is 1. The van der Waals surface area contributed by atoms with Gasteiger partial charge < -0.3 is 19.7 Å². The van der Waals surface area contributed by atoms with E-state index < -0.39 is 6.10 Å². The summed E-state index contributed by atoms with van der Waals surface area (Å²) in [5.41, 5.74) is 2.16. The maximum Gasteiger partial charge on any atom is 0.261 e. The van der Waals surface area contributed by atoms with Gasteiger partial charge in [-0.2, -0.15) is 0 Å². The highest BCUT2D eigenvalue weighted by Gasteiger charge is 2.18. The Kier molecular flexibility index (Phi) is 6.75. The molecule has 1 aliphatic heterocycles. The zero-order chi connectivity index (χ0) is 20.9. The Labute approximate surface area is 173 Å². The van der Waals surface area contributed by atoms with Gasteiger partial charge in [0.1, 0.15) is 11.6 Å². The Balaban J connectivity index is 1.51. The van der Waals surface area contributed by atoms with Gasteiger partial charge in [-0.3, -0.25) is 4.79 Å². The van der Waals surface area contributed by atoms with Crippen LogP contribution in [-0.2, 0) is 21.5 Å². The van der Waals surface area contributed by atoms with Crippen molar-refractivity contribution in [3.8, 4) is 5.75 Å². The molecule has 3 rings (SSSR count). The molecule has 1 N–H and O–H groups in total. The van der Waals surface area contributed by atoms with Crippen LogP contribution in [0.5, 0.6) is 5.75 Å². The lowest BCUT2D eigenvalue weighted by atomic mass is 9.87. The smallest absolute Gasteiger partial charge is 0.261 e. The number of amides is 1. The highest BCUT2D eigenvalue weighted by molar-refractivity contribution is 5.80. The summed E-state index contributed by atoms with van der Waals surface area (Å²) in [6.45, 7) is 11.8. The molecular weight excluding hydrogens is 366 g/mol. The van der Waals surface area contributed by atoms with E-state index in [4.69, 9.17) is 9.47 Å². The van der Waals surface area contributed by atoms with E-state index >= 15 is 0 Å². The molecule has 0 unspecified atom stereocenters. The summed E-state index contributed by atoms with van der Waals surface area (Å²) in [5.74, 6) is 1.50. The van der Waals surface area contributed by atoms with Crippen LogP contribution in [0.3, 0.4) is 0 Å². The number of nitrogens with one attached hydrogen (secondary N) is 1. The van der Waals surface area contributed by atoms with Crippen molar-refractivity contribution >= 4 is 11.7 Å². The number of nitrogens with zero attached hydrogens (tertiary/aromatic N) is 2. The van der Waals surface area contributed by atoms with Crippen molar-refractivity contribution in [1.29, 1.82) is 0 Å². The van der Waals surface area contributed by atoms with E-state index in [1.165, 1.54) is 5.56 Å². The molecule has 0 bridgehead atoms. The molecule has 0 radical (unpaired) electrons. The van der Waals surface area contributed by atoms with Gasteiger partial charge in [-0.25, -0.2) is 4.98 Å². The number of rotatable bonds is 6. The molecule has 1 aliphatic rings. The summed E-state index contributed by atoms with van der Waals surface area (Å²) in [7, 11) is 0. The first-order chi connectivity index (χ1) is 13.8. The van der Waals surface area contributed by atoms with Crippen LogP contribution in [0.4, 0.5) is 5.82 Å². The fourth-order valence-corrected chi connectivity index (χ4v) is 3.13. The summed E-state index contributed by atoms with van der Waals surface area (Å²) in [6.07, 6.45) is 1.23. The molecule has 29 heavy (non-hydrogen) atoms. The lowest BCUT2D eigenvalue weighted by Gasteiger charge is -2.27. The first-order valence-electron chi connectivity index (χ1n) is 10.2. The molecule has 2 heterocycles. The van der Waals surface area contributed by atoms with Gasteiger partial charge in [0.25, 0.3) is 5.91 Å². The third-order valence-corrected chi connectivity index (χ3v) is 4.99. The highest BCUT2D eigenvalue weighted by Crippen LogP contribution is 2.26. The van der Waals surface area contributed by atoms with Crippen LogP contribution in [0.1, 0.15) is 38.8 Å². The SMILES string of the molecule is C[C@H](Oc1cccc(C(C)(C)C)c1)C(=O)NCc1ccc(N2CCOCC2)nc1. The lowest BCUT2D eigenvalue weighted by molar-refractivity contribution is -0.127. The minimum Gasteiger partial charge on any atom is -0.481 e. The number of hydrogen-bond acceptors (Lipinski definition) is 5. The molecule has 1 fully saturated rings. The van der Waals surface area contributed by atoms with Gasteiger partial charge >= 0.3 is 0 Å². The van der Waals surface area contributed by atoms with Crippen LogP contribution in [0.15, 0.2) is 42.6 Å². The first-order valence-corrected chi connectivity index (χ1v) is 10.2. The van der Waals surface area contributed by atoms with Gasteiger partial charge in [-0.05, 0) is 41.7 Å². The van der Waals surface area contributed by atoms with Crippen LogP contribution in [0, 0.1) is 0 Å². The summed E-state index contributed by atoms with van der Waals surface area (Å²) in [5, 5.41) is 2.93. The van der Waals surface area contributed by atoms with Crippen molar-refractivity contribution in [3.05, 3.63) is 53.7 Å². The van der Waals surface area contributed by atoms with Gasteiger partial charge in [0.2, 0.25) is 0 Å². The number of pyridine rings is 1. The number of benzene rings is 1. The Hall–Kier alpha value is -2.60. The summed E-state index contributed by atoms with van der Waals surface area (Å²) in [4.78, 5) is 19.2. The molecule has 156 valence electrons. The van der Waals surface area contributed by atoms with Crippen molar-refractivity contribution < 1.29 is 14.3 Å². The molecule has 1 aromatic carbocycles. The topological polar surface area (TPSA) is 63.7 Å². The molecule has 1 aromatic heterocycles.